The maximum Gasteiger partial charge on any atom is 0.0636 e. The van der Waals surface area contributed by atoms with E-state index in [1.165, 1.54) is 202 Å². The van der Waals surface area contributed by atoms with Gasteiger partial charge in [0.25, 0.3) is 0 Å². The summed E-state index contributed by atoms with van der Waals surface area (Å²) in [6.07, 6.45) is 43.1. The molecular weight excluding hydrogens is 629 g/mol. The van der Waals surface area contributed by atoms with E-state index in [4.69, 9.17) is 9.98 Å². The predicted molar refractivity (Wildman–Crippen MR) is 236 cm³/mol. The molecule has 0 aliphatic heterocycles. The highest BCUT2D eigenvalue weighted by Gasteiger charge is 2.07. The van der Waals surface area contributed by atoms with Gasteiger partial charge in [0.15, 0.2) is 0 Å². The average molecular weight is 713 g/mol. The molecule has 0 heterocycles. The number of benzene rings is 2. The van der Waals surface area contributed by atoms with Crippen molar-refractivity contribution in [1.29, 1.82) is 0 Å². The second-order valence-corrected chi connectivity index (χ2v) is 15.9. The van der Waals surface area contributed by atoms with Crippen molar-refractivity contribution in [2.24, 2.45) is 9.98 Å². The van der Waals surface area contributed by atoms with Gasteiger partial charge in [-0.15, -0.1) is 0 Å². The molecule has 2 nitrogen and oxygen atoms in total. The monoisotopic (exact) mass is 713 g/mol. The summed E-state index contributed by atoms with van der Waals surface area (Å²) in [5.74, 6) is 0. The van der Waals surface area contributed by atoms with Gasteiger partial charge in [0, 0.05) is 6.21 Å². The molecule has 2 aromatic rings. The fraction of sp³-hybridized carbons (Fsp3) is 0.720. The SMILES string of the molecule is CCCCCCCCCCCCCCCCCCCCC(C=Nc1ccc(CCCC)c(CCCC)c1)=Nc1ccc(CCCC)c(CCCC)c1. The first-order chi connectivity index (χ1) is 25.6. The number of rotatable bonds is 34. The second kappa shape index (κ2) is 32.2. The molecule has 0 N–H and O–H groups in total. The quantitative estimate of drug-likeness (QED) is 0.0510. The highest BCUT2D eigenvalue weighted by Crippen LogP contribution is 2.25. The van der Waals surface area contributed by atoms with Crippen LogP contribution in [-0.2, 0) is 25.7 Å². The first-order valence-corrected chi connectivity index (χ1v) is 23.0. The van der Waals surface area contributed by atoms with Gasteiger partial charge in [-0.1, -0.05) is 182 Å². The fourth-order valence-electron chi connectivity index (χ4n) is 7.47. The van der Waals surface area contributed by atoms with Crippen LogP contribution in [0.2, 0.25) is 0 Å². The topological polar surface area (TPSA) is 24.7 Å². The molecule has 0 aliphatic carbocycles. The predicted octanol–water partition coefficient (Wildman–Crippen LogP) is 17.0. The first-order valence-electron chi connectivity index (χ1n) is 23.0. The number of aryl methyl sites for hydroxylation is 4. The Labute approximate surface area is 324 Å². The Balaban J connectivity index is 1.93. The molecule has 52 heavy (non-hydrogen) atoms. The summed E-state index contributed by atoms with van der Waals surface area (Å²) in [7, 11) is 0. The van der Waals surface area contributed by atoms with Crippen LogP contribution in [0.1, 0.15) is 230 Å². The molecule has 0 bridgehead atoms. The van der Waals surface area contributed by atoms with Gasteiger partial charge in [0.2, 0.25) is 0 Å². The largest absolute Gasteiger partial charge is 0.255 e. The van der Waals surface area contributed by atoms with Gasteiger partial charge < -0.3 is 0 Å². The zero-order valence-electron chi connectivity index (χ0n) is 35.4. The Kier molecular flexibility index (Phi) is 28.5. The van der Waals surface area contributed by atoms with Gasteiger partial charge in [-0.25, -0.2) is 0 Å². The molecule has 0 atom stereocenters. The molecule has 0 saturated carbocycles. The van der Waals surface area contributed by atoms with Crippen LogP contribution in [0.15, 0.2) is 46.4 Å². The minimum absolute atomic E-state index is 1.00. The van der Waals surface area contributed by atoms with E-state index in [1.54, 1.807) is 0 Å². The van der Waals surface area contributed by atoms with Crippen LogP contribution in [0.25, 0.3) is 0 Å². The van der Waals surface area contributed by atoms with E-state index >= 15 is 0 Å². The molecule has 0 aromatic heterocycles. The van der Waals surface area contributed by atoms with Gasteiger partial charge in [-0.05, 0) is 111 Å². The summed E-state index contributed by atoms with van der Waals surface area (Å²) < 4.78 is 0. The number of aliphatic imine (C=N–C) groups is 2. The summed E-state index contributed by atoms with van der Waals surface area (Å²) in [5, 5.41) is 0. The van der Waals surface area contributed by atoms with E-state index in [1.807, 2.05) is 0 Å². The molecule has 0 amide bonds. The smallest absolute Gasteiger partial charge is 0.0636 e. The Morgan fingerprint density at radius 3 is 1.15 bits per heavy atom. The molecule has 2 aromatic carbocycles. The molecule has 294 valence electrons. The Hall–Kier alpha value is -2.22. The Morgan fingerprint density at radius 2 is 0.731 bits per heavy atom. The van der Waals surface area contributed by atoms with Crippen LogP contribution in [0.5, 0.6) is 0 Å². The summed E-state index contributed by atoms with van der Waals surface area (Å²) in [5.41, 5.74) is 9.36. The van der Waals surface area contributed by atoms with Gasteiger partial charge in [-0.2, -0.15) is 0 Å². The third-order valence-corrected chi connectivity index (χ3v) is 11.0. The van der Waals surface area contributed by atoms with Crippen molar-refractivity contribution < 1.29 is 0 Å². The highest BCUT2D eigenvalue weighted by molar-refractivity contribution is 6.31. The lowest BCUT2D eigenvalue weighted by Crippen LogP contribution is -2.01. The average Bonchev–Trinajstić information content (AvgIpc) is 3.16. The molecule has 0 unspecified atom stereocenters. The minimum Gasteiger partial charge on any atom is -0.255 e. The standard InChI is InChI=1S/C50H84N2/c1-6-11-16-17-18-19-20-21-22-23-24-25-26-27-28-29-30-31-36-50(52-49-40-38-45(33-13-8-3)47(42-49)35-15-10-5)43-51-48-39-37-44(32-12-7-2)46(41-48)34-14-9-4/h37-43H,6-36H2,1-5H3. The van der Waals surface area contributed by atoms with E-state index < -0.39 is 0 Å². The van der Waals surface area contributed by atoms with Crippen molar-refractivity contribution in [2.45, 2.75) is 234 Å². The van der Waals surface area contributed by atoms with Crippen LogP contribution in [-0.4, -0.2) is 11.9 Å². The van der Waals surface area contributed by atoms with E-state index in [9.17, 15) is 0 Å². The summed E-state index contributed by atoms with van der Waals surface area (Å²) in [6, 6.07) is 13.9. The summed E-state index contributed by atoms with van der Waals surface area (Å²) >= 11 is 0. The third kappa shape index (κ3) is 22.1. The highest BCUT2D eigenvalue weighted by atomic mass is 14.8. The van der Waals surface area contributed by atoms with Crippen molar-refractivity contribution in [2.75, 3.05) is 0 Å². The van der Waals surface area contributed by atoms with Crippen molar-refractivity contribution in [3.63, 3.8) is 0 Å². The van der Waals surface area contributed by atoms with E-state index in [-0.39, 0.29) is 0 Å². The lowest BCUT2D eigenvalue weighted by molar-refractivity contribution is 0.526. The molecule has 0 radical (unpaired) electrons. The van der Waals surface area contributed by atoms with E-state index in [0.29, 0.717) is 0 Å². The van der Waals surface area contributed by atoms with Gasteiger partial charge >= 0.3 is 0 Å². The van der Waals surface area contributed by atoms with E-state index in [0.717, 1.165) is 36.3 Å². The maximum atomic E-state index is 5.28. The van der Waals surface area contributed by atoms with Crippen molar-refractivity contribution in [3.05, 3.63) is 58.7 Å². The van der Waals surface area contributed by atoms with Crippen LogP contribution in [0, 0.1) is 0 Å². The van der Waals surface area contributed by atoms with Crippen molar-refractivity contribution >= 4 is 23.3 Å². The minimum atomic E-state index is 1.00. The number of hydrogen-bond donors (Lipinski definition) is 0. The first kappa shape index (κ1) is 45.9. The van der Waals surface area contributed by atoms with Crippen LogP contribution in [0.3, 0.4) is 0 Å². The summed E-state index contributed by atoms with van der Waals surface area (Å²) in [4.78, 5) is 10.3. The Morgan fingerprint density at radius 1 is 0.385 bits per heavy atom. The van der Waals surface area contributed by atoms with Crippen molar-refractivity contribution in [3.8, 4) is 0 Å². The lowest BCUT2D eigenvalue weighted by Gasteiger charge is -2.11. The Bertz CT molecular complexity index is 1190. The fourth-order valence-corrected chi connectivity index (χ4v) is 7.47. The van der Waals surface area contributed by atoms with Gasteiger partial charge in [0.1, 0.15) is 0 Å². The van der Waals surface area contributed by atoms with Crippen molar-refractivity contribution in [1.82, 2.24) is 0 Å². The molecule has 0 fully saturated rings. The second-order valence-electron chi connectivity index (χ2n) is 15.9. The lowest BCUT2D eigenvalue weighted by atomic mass is 9.97. The molecule has 2 rings (SSSR count). The third-order valence-electron chi connectivity index (χ3n) is 11.0. The zero-order valence-corrected chi connectivity index (χ0v) is 35.4. The van der Waals surface area contributed by atoms with Crippen LogP contribution >= 0.6 is 0 Å². The zero-order chi connectivity index (χ0) is 37.3. The maximum absolute atomic E-state index is 5.28. The molecular formula is C50H84N2. The number of nitrogens with zero attached hydrogens (tertiary/aromatic N) is 2. The van der Waals surface area contributed by atoms with Crippen LogP contribution < -0.4 is 0 Å². The number of unbranched alkanes of at least 4 members (excludes halogenated alkanes) is 21. The van der Waals surface area contributed by atoms with Crippen LogP contribution in [0.4, 0.5) is 11.4 Å². The molecule has 2 heteroatoms. The van der Waals surface area contributed by atoms with E-state index in [2.05, 4.69) is 77.2 Å². The summed E-state index contributed by atoms with van der Waals surface area (Å²) in [6.45, 7) is 11.5. The van der Waals surface area contributed by atoms with Gasteiger partial charge in [0.05, 0.1) is 17.1 Å². The molecule has 0 aliphatic rings. The normalized spacial score (nSPS) is 12.1. The molecule has 0 spiro atoms. The van der Waals surface area contributed by atoms with Gasteiger partial charge in [-0.3, -0.25) is 9.98 Å². The molecule has 0 saturated heterocycles. The number of hydrogen-bond acceptors (Lipinski definition) is 2.